The van der Waals surface area contributed by atoms with Gasteiger partial charge in [-0.05, 0) is 18.7 Å². The van der Waals surface area contributed by atoms with Gasteiger partial charge in [-0.1, -0.05) is 13.0 Å². The van der Waals surface area contributed by atoms with E-state index in [0.29, 0.717) is 13.1 Å². The van der Waals surface area contributed by atoms with Gasteiger partial charge in [-0.3, -0.25) is 9.69 Å². The Balaban J connectivity index is 2.63. The summed E-state index contributed by atoms with van der Waals surface area (Å²) in [6.07, 6.45) is 0. The predicted octanol–water partition coefficient (Wildman–Crippen LogP) is 0.691. The number of hydrogen-bond acceptors (Lipinski definition) is 4. The van der Waals surface area contributed by atoms with Crippen LogP contribution >= 0.6 is 0 Å². The molecular weight excluding hydrogens is 216 g/mol. The largest absolute Gasteiger partial charge is 0.373 e. The summed E-state index contributed by atoms with van der Waals surface area (Å²) in [7, 11) is 3.49. The van der Waals surface area contributed by atoms with Crippen molar-refractivity contribution in [2.24, 2.45) is 0 Å². The van der Waals surface area contributed by atoms with Crippen molar-refractivity contribution in [1.29, 1.82) is 0 Å². The number of nitrogens with one attached hydrogen (secondary N) is 2. The summed E-state index contributed by atoms with van der Waals surface area (Å²) in [5.74, 6) is 0.870. The van der Waals surface area contributed by atoms with E-state index in [9.17, 15) is 4.79 Å². The monoisotopic (exact) mass is 236 g/mol. The minimum absolute atomic E-state index is 0.0246. The van der Waals surface area contributed by atoms with Gasteiger partial charge in [0.2, 0.25) is 5.91 Å². The lowest BCUT2D eigenvalue weighted by molar-refractivity contribution is -0.121. The molecule has 1 heterocycles. The average molecular weight is 236 g/mol. The minimum Gasteiger partial charge on any atom is -0.373 e. The van der Waals surface area contributed by atoms with Crippen LogP contribution in [0, 0.1) is 0 Å². The Morgan fingerprint density at radius 1 is 1.41 bits per heavy atom. The maximum Gasteiger partial charge on any atom is 0.233 e. The van der Waals surface area contributed by atoms with Crippen LogP contribution in [-0.2, 0) is 11.3 Å². The van der Waals surface area contributed by atoms with E-state index >= 15 is 0 Å². The summed E-state index contributed by atoms with van der Waals surface area (Å²) in [6.45, 7) is 3.93. The van der Waals surface area contributed by atoms with Crippen LogP contribution in [-0.4, -0.2) is 43.0 Å². The topological polar surface area (TPSA) is 57.3 Å². The number of likely N-dealkylation sites (N-methyl/N-ethyl adjacent to an activating group) is 2. The molecule has 17 heavy (non-hydrogen) atoms. The molecule has 2 N–H and O–H groups in total. The van der Waals surface area contributed by atoms with Crippen LogP contribution in [0.5, 0.6) is 0 Å². The van der Waals surface area contributed by atoms with Crippen LogP contribution in [0.4, 0.5) is 5.82 Å². The molecule has 0 fully saturated rings. The van der Waals surface area contributed by atoms with Crippen molar-refractivity contribution < 1.29 is 4.79 Å². The number of anilines is 1. The summed E-state index contributed by atoms with van der Waals surface area (Å²) in [4.78, 5) is 17.8. The van der Waals surface area contributed by atoms with Gasteiger partial charge in [-0.25, -0.2) is 4.98 Å². The maximum absolute atomic E-state index is 11.3. The fourth-order valence-corrected chi connectivity index (χ4v) is 1.50. The molecule has 1 aromatic heterocycles. The molecular formula is C12H20N4O. The highest BCUT2D eigenvalue weighted by Crippen LogP contribution is 2.06. The van der Waals surface area contributed by atoms with Crippen LogP contribution in [0.3, 0.4) is 0 Å². The smallest absolute Gasteiger partial charge is 0.233 e. The number of nitrogens with zero attached hydrogens (tertiary/aromatic N) is 2. The minimum atomic E-state index is 0.0246. The van der Waals surface area contributed by atoms with Crippen molar-refractivity contribution in [3.63, 3.8) is 0 Å². The van der Waals surface area contributed by atoms with E-state index in [-0.39, 0.29) is 5.91 Å². The van der Waals surface area contributed by atoms with Crippen molar-refractivity contribution in [2.45, 2.75) is 13.5 Å². The molecule has 1 amide bonds. The SMILES string of the molecule is CCN(CC(=O)NC)Cc1cccc(NC)n1. The predicted molar refractivity (Wildman–Crippen MR) is 68.8 cm³/mol. The number of pyridine rings is 1. The van der Waals surface area contributed by atoms with E-state index in [2.05, 4.69) is 15.6 Å². The molecule has 0 radical (unpaired) electrons. The summed E-state index contributed by atoms with van der Waals surface area (Å²) in [5.41, 5.74) is 0.961. The lowest BCUT2D eigenvalue weighted by atomic mass is 10.3. The third-order valence-corrected chi connectivity index (χ3v) is 2.54. The molecule has 1 aromatic rings. The Morgan fingerprint density at radius 3 is 2.76 bits per heavy atom. The number of aromatic nitrogens is 1. The summed E-state index contributed by atoms with van der Waals surface area (Å²) in [5, 5.41) is 5.63. The van der Waals surface area contributed by atoms with Crippen LogP contribution in [0.25, 0.3) is 0 Å². The van der Waals surface area contributed by atoms with Crippen molar-refractivity contribution in [2.75, 3.05) is 32.5 Å². The molecule has 0 aliphatic carbocycles. The van der Waals surface area contributed by atoms with Crippen LogP contribution in [0.2, 0.25) is 0 Å². The zero-order chi connectivity index (χ0) is 12.7. The lowest BCUT2D eigenvalue weighted by Gasteiger charge is -2.19. The second kappa shape index (κ2) is 6.85. The fourth-order valence-electron chi connectivity index (χ4n) is 1.50. The Bertz CT molecular complexity index is 367. The molecule has 94 valence electrons. The second-order valence-electron chi connectivity index (χ2n) is 3.74. The number of carbonyl (C=O) groups excluding carboxylic acids is 1. The lowest BCUT2D eigenvalue weighted by Crippen LogP contribution is -2.35. The van der Waals surface area contributed by atoms with Gasteiger partial charge in [0, 0.05) is 20.6 Å². The van der Waals surface area contributed by atoms with E-state index in [0.717, 1.165) is 18.1 Å². The molecule has 0 aliphatic heterocycles. The van der Waals surface area contributed by atoms with Crippen molar-refractivity contribution in [3.05, 3.63) is 23.9 Å². The average Bonchev–Trinajstić information content (AvgIpc) is 2.37. The second-order valence-corrected chi connectivity index (χ2v) is 3.74. The zero-order valence-corrected chi connectivity index (χ0v) is 10.7. The molecule has 0 aromatic carbocycles. The number of hydrogen-bond donors (Lipinski definition) is 2. The molecule has 0 spiro atoms. The fraction of sp³-hybridized carbons (Fsp3) is 0.500. The maximum atomic E-state index is 11.3. The van der Waals surface area contributed by atoms with Gasteiger partial charge in [0.05, 0.1) is 12.2 Å². The first-order valence-electron chi connectivity index (χ1n) is 5.76. The van der Waals surface area contributed by atoms with Crippen molar-refractivity contribution in [3.8, 4) is 0 Å². The molecule has 1 rings (SSSR count). The molecule has 0 bridgehead atoms. The van der Waals surface area contributed by atoms with Gasteiger partial charge < -0.3 is 10.6 Å². The Labute approximate surface area is 102 Å². The Hall–Kier alpha value is -1.62. The third-order valence-electron chi connectivity index (χ3n) is 2.54. The molecule has 0 saturated carbocycles. The molecule has 5 heteroatoms. The van der Waals surface area contributed by atoms with Gasteiger partial charge >= 0.3 is 0 Å². The first-order chi connectivity index (χ1) is 8.19. The first-order valence-corrected chi connectivity index (χ1v) is 5.76. The standard InChI is InChI=1S/C12H20N4O/c1-4-16(9-12(17)14-3)8-10-6-5-7-11(13-2)15-10/h5-7H,4,8-9H2,1-3H3,(H,13,15)(H,14,17). The molecule has 0 atom stereocenters. The third kappa shape index (κ3) is 4.40. The van der Waals surface area contributed by atoms with E-state index in [1.54, 1.807) is 7.05 Å². The molecule has 0 saturated heterocycles. The molecule has 0 aliphatic rings. The van der Waals surface area contributed by atoms with Crippen LogP contribution < -0.4 is 10.6 Å². The Morgan fingerprint density at radius 2 is 2.18 bits per heavy atom. The highest BCUT2D eigenvalue weighted by atomic mass is 16.1. The number of carbonyl (C=O) groups is 1. The normalized spacial score (nSPS) is 10.4. The number of rotatable bonds is 6. The van der Waals surface area contributed by atoms with Gasteiger partial charge in [0.1, 0.15) is 5.82 Å². The highest BCUT2D eigenvalue weighted by Gasteiger charge is 2.09. The number of amides is 1. The first kappa shape index (κ1) is 13.4. The van der Waals surface area contributed by atoms with E-state index < -0.39 is 0 Å². The molecule has 0 unspecified atom stereocenters. The summed E-state index contributed by atoms with van der Waals surface area (Å²) < 4.78 is 0. The zero-order valence-electron chi connectivity index (χ0n) is 10.7. The van der Waals surface area contributed by atoms with Gasteiger partial charge in [0.15, 0.2) is 0 Å². The van der Waals surface area contributed by atoms with Gasteiger partial charge in [-0.15, -0.1) is 0 Å². The summed E-state index contributed by atoms with van der Waals surface area (Å²) in [6, 6.07) is 5.84. The Kier molecular flexibility index (Phi) is 5.42. The van der Waals surface area contributed by atoms with E-state index in [4.69, 9.17) is 0 Å². The van der Waals surface area contributed by atoms with E-state index in [1.165, 1.54) is 0 Å². The van der Waals surface area contributed by atoms with Gasteiger partial charge in [0.25, 0.3) is 0 Å². The summed E-state index contributed by atoms with van der Waals surface area (Å²) >= 11 is 0. The van der Waals surface area contributed by atoms with Crippen LogP contribution in [0.15, 0.2) is 18.2 Å². The quantitative estimate of drug-likeness (QED) is 0.763. The highest BCUT2D eigenvalue weighted by molar-refractivity contribution is 5.77. The van der Waals surface area contributed by atoms with Crippen molar-refractivity contribution >= 4 is 11.7 Å². The van der Waals surface area contributed by atoms with Crippen molar-refractivity contribution in [1.82, 2.24) is 15.2 Å². The molecule has 5 nitrogen and oxygen atoms in total. The van der Waals surface area contributed by atoms with Gasteiger partial charge in [-0.2, -0.15) is 0 Å². The van der Waals surface area contributed by atoms with E-state index in [1.807, 2.05) is 37.1 Å². The van der Waals surface area contributed by atoms with Crippen LogP contribution in [0.1, 0.15) is 12.6 Å².